The van der Waals surface area contributed by atoms with Crippen LogP contribution < -0.4 is 9.47 Å². The van der Waals surface area contributed by atoms with Crippen molar-refractivity contribution in [3.05, 3.63) is 41.6 Å². The average molecular weight is 248 g/mol. The van der Waals surface area contributed by atoms with Gasteiger partial charge in [0, 0.05) is 5.56 Å². The van der Waals surface area contributed by atoms with Gasteiger partial charge in [-0.15, -0.1) is 0 Å². The molecule has 0 bridgehead atoms. The Kier molecular flexibility index (Phi) is 3.84. The Morgan fingerprint density at radius 3 is 2.61 bits per heavy atom. The maximum Gasteiger partial charge on any atom is 0.217 e. The first-order valence-electron chi connectivity index (χ1n) is 5.61. The first kappa shape index (κ1) is 12.4. The van der Waals surface area contributed by atoms with Crippen LogP contribution >= 0.6 is 0 Å². The molecule has 0 atom stereocenters. The fraction of sp³-hybridized carbons (Fsp3) is 0.308. The highest BCUT2D eigenvalue weighted by Crippen LogP contribution is 2.23. The third kappa shape index (κ3) is 2.31. The highest BCUT2D eigenvalue weighted by molar-refractivity contribution is 5.34. The molecule has 0 fully saturated rings. The summed E-state index contributed by atoms with van der Waals surface area (Å²) in [5.74, 6) is 1.38. The van der Waals surface area contributed by atoms with Gasteiger partial charge < -0.3 is 14.6 Å². The number of para-hydroxylation sites is 1. The molecule has 96 valence electrons. The van der Waals surface area contributed by atoms with Crippen LogP contribution in [-0.2, 0) is 13.2 Å². The lowest BCUT2D eigenvalue weighted by atomic mass is 10.2. The molecule has 0 saturated carbocycles. The number of aliphatic hydroxyl groups excluding tert-OH is 1. The number of nitrogens with zero attached hydrogens (tertiary/aromatic N) is 2. The first-order chi connectivity index (χ1) is 8.80. The van der Waals surface area contributed by atoms with Crippen molar-refractivity contribution < 1.29 is 14.6 Å². The quantitative estimate of drug-likeness (QED) is 0.870. The third-order valence-electron chi connectivity index (χ3n) is 2.74. The van der Waals surface area contributed by atoms with Crippen molar-refractivity contribution >= 4 is 0 Å². The number of rotatable bonds is 5. The van der Waals surface area contributed by atoms with E-state index in [2.05, 4.69) is 5.10 Å². The molecule has 5 nitrogen and oxygen atoms in total. The zero-order valence-corrected chi connectivity index (χ0v) is 10.5. The molecule has 0 unspecified atom stereocenters. The predicted molar refractivity (Wildman–Crippen MR) is 66.8 cm³/mol. The molecule has 2 rings (SSSR count). The molecule has 1 aromatic heterocycles. The van der Waals surface area contributed by atoms with E-state index in [1.54, 1.807) is 25.1 Å². The second-order valence-electron chi connectivity index (χ2n) is 3.81. The Bertz CT molecular complexity index is 523. The lowest BCUT2D eigenvalue weighted by Crippen LogP contribution is -2.06. The van der Waals surface area contributed by atoms with Crippen molar-refractivity contribution in [1.29, 1.82) is 0 Å². The molecular weight excluding hydrogens is 232 g/mol. The van der Waals surface area contributed by atoms with Gasteiger partial charge in [0.2, 0.25) is 5.88 Å². The number of methoxy groups -OCH3 is 2. The molecule has 0 aliphatic carbocycles. The number of hydrogen-bond donors (Lipinski definition) is 1. The van der Waals surface area contributed by atoms with Gasteiger partial charge in [0.05, 0.1) is 39.1 Å². The van der Waals surface area contributed by atoms with Crippen molar-refractivity contribution in [3.63, 3.8) is 0 Å². The van der Waals surface area contributed by atoms with Crippen molar-refractivity contribution in [2.45, 2.75) is 13.2 Å². The normalized spacial score (nSPS) is 10.4. The standard InChI is InChI=1S/C13H16N2O3/c1-17-12-6-4-3-5-10(12)8-15-13(18-2)11(9-16)7-14-15/h3-7,16H,8-9H2,1-2H3. The van der Waals surface area contributed by atoms with E-state index in [0.29, 0.717) is 18.0 Å². The van der Waals surface area contributed by atoms with Gasteiger partial charge in [-0.1, -0.05) is 18.2 Å². The fourth-order valence-corrected chi connectivity index (χ4v) is 1.87. The molecule has 0 saturated heterocycles. The molecule has 0 spiro atoms. The Morgan fingerprint density at radius 1 is 1.17 bits per heavy atom. The molecule has 0 aliphatic rings. The number of aliphatic hydroxyl groups is 1. The Balaban J connectivity index is 2.31. The lowest BCUT2D eigenvalue weighted by Gasteiger charge is -2.10. The first-order valence-corrected chi connectivity index (χ1v) is 5.61. The highest BCUT2D eigenvalue weighted by atomic mass is 16.5. The molecule has 1 heterocycles. The highest BCUT2D eigenvalue weighted by Gasteiger charge is 2.12. The summed E-state index contributed by atoms with van der Waals surface area (Å²) in [6.45, 7) is 0.447. The molecule has 1 N–H and O–H groups in total. The summed E-state index contributed by atoms with van der Waals surface area (Å²) in [6.07, 6.45) is 1.61. The molecule has 2 aromatic rings. The van der Waals surface area contributed by atoms with E-state index in [-0.39, 0.29) is 6.61 Å². The van der Waals surface area contributed by atoms with E-state index in [1.165, 1.54) is 0 Å². The van der Waals surface area contributed by atoms with Crippen LogP contribution in [0.3, 0.4) is 0 Å². The molecule has 0 amide bonds. The van der Waals surface area contributed by atoms with E-state index >= 15 is 0 Å². The summed E-state index contributed by atoms with van der Waals surface area (Å²) in [4.78, 5) is 0. The minimum absolute atomic E-state index is 0.0882. The van der Waals surface area contributed by atoms with Crippen LogP contribution in [0, 0.1) is 0 Å². The SMILES string of the molecule is COc1ccccc1Cn1ncc(CO)c1OC. The second-order valence-corrected chi connectivity index (χ2v) is 3.81. The molecule has 0 radical (unpaired) electrons. The summed E-state index contributed by atoms with van der Waals surface area (Å²) in [6, 6.07) is 7.74. The van der Waals surface area contributed by atoms with Crippen LogP contribution in [0.15, 0.2) is 30.5 Å². The largest absolute Gasteiger partial charge is 0.496 e. The maximum atomic E-state index is 9.17. The molecule has 5 heteroatoms. The lowest BCUT2D eigenvalue weighted by molar-refractivity contribution is 0.270. The summed E-state index contributed by atoms with van der Waals surface area (Å²) in [7, 11) is 3.20. The Labute approximate surface area is 106 Å². The van der Waals surface area contributed by atoms with Crippen LogP contribution in [0.4, 0.5) is 0 Å². The van der Waals surface area contributed by atoms with E-state index < -0.39 is 0 Å². The van der Waals surface area contributed by atoms with Gasteiger partial charge in [0.25, 0.3) is 0 Å². The van der Waals surface area contributed by atoms with Crippen molar-refractivity contribution in [3.8, 4) is 11.6 Å². The second kappa shape index (κ2) is 5.55. The molecule has 0 aliphatic heterocycles. The van der Waals surface area contributed by atoms with Gasteiger partial charge >= 0.3 is 0 Å². The zero-order valence-electron chi connectivity index (χ0n) is 10.5. The third-order valence-corrected chi connectivity index (χ3v) is 2.74. The monoisotopic (exact) mass is 248 g/mol. The predicted octanol–water partition coefficient (Wildman–Crippen LogP) is 1.44. The number of aromatic nitrogens is 2. The summed E-state index contributed by atoms with van der Waals surface area (Å²) in [5.41, 5.74) is 1.68. The smallest absolute Gasteiger partial charge is 0.217 e. The average Bonchev–Trinajstić information content (AvgIpc) is 2.81. The van der Waals surface area contributed by atoms with E-state index in [4.69, 9.17) is 9.47 Å². The molecule has 1 aromatic carbocycles. The van der Waals surface area contributed by atoms with Gasteiger partial charge in [0.1, 0.15) is 5.75 Å². The van der Waals surface area contributed by atoms with Crippen LogP contribution in [0.25, 0.3) is 0 Å². The summed E-state index contributed by atoms with van der Waals surface area (Å²) < 4.78 is 12.2. The number of benzene rings is 1. The number of ether oxygens (including phenoxy) is 2. The van der Waals surface area contributed by atoms with Gasteiger partial charge in [-0.2, -0.15) is 5.10 Å². The zero-order chi connectivity index (χ0) is 13.0. The van der Waals surface area contributed by atoms with Crippen LogP contribution in [-0.4, -0.2) is 29.1 Å². The van der Waals surface area contributed by atoms with Crippen molar-refractivity contribution in [2.24, 2.45) is 0 Å². The van der Waals surface area contributed by atoms with Crippen LogP contribution in [0.2, 0.25) is 0 Å². The Hall–Kier alpha value is -2.01. The molecule has 18 heavy (non-hydrogen) atoms. The van der Waals surface area contributed by atoms with Crippen molar-refractivity contribution in [1.82, 2.24) is 9.78 Å². The van der Waals surface area contributed by atoms with Gasteiger partial charge in [-0.05, 0) is 6.07 Å². The van der Waals surface area contributed by atoms with E-state index in [0.717, 1.165) is 11.3 Å². The molecular formula is C13H16N2O3. The Morgan fingerprint density at radius 2 is 1.94 bits per heavy atom. The van der Waals surface area contributed by atoms with E-state index in [1.807, 2.05) is 24.3 Å². The van der Waals surface area contributed by atoms with Gasteiger partial charge in [-0.3, -0.25) is 0 Å². The minimum Gasteiger partial charge on any atom is -0.496 e. The minimum atomic E-state index is -0.0882. The number of hydrogen-bond acceptors (Lipinski definition) is 4. The van der Waals surface area contributed by atoms with Gasteiger partial charge in [0.15, 0.2) is 0 Å². The van der Waals surface area contributed by atoms with Crippen LogP contribution in [0.1, 0.15) is 11.1 Å². The van der Waals surface area contributed by atoms with Crippen LogP contribution in [0.5, 0.6) is 11.6 Å². The van der Waals surface area contributed by atoms with Gasteiger partial charge in [-0.25, -0.2) is 4.68 Å². The van der Waals surface area contributed by atoms with E-state index in [9.17, 15) is 5.11 Å². The van der Waals surface area contributed by atoms with Crippen molar-refractivity contribution in [2.75, 3.05) is 14.2 Å². The summed E-state index contributed by atoms with van der Waals surface area (Å²) >= 11 is 0. The fourth-order valence-electron chi connectivity index (χ4n) is 1.87. The maximum absolute atomic E-state index is 9.17. The topological polar surface area (TPSA) is 56.5 Å². The summed E-state index contributed by atoms with van der Waals surface area (Å²) in [5, 5.41) is 13.4.